The Balaban J connectivity index is 1.86. The maximum atomic E-state index is 6.18. The minimum atomic E-state index is -0.273. The number of benzene rings is 1. The summed E-state index contributed by atoms with van der Waals surface area (Å²) in [6.45, 7) is 4.30. The van der Waals surface area contributed by atoms with Crippen LogP contribution < -0.4 is 10.1 Å². The summed E-state index contributed by atoms with van der Waals surface area (Å²) in [4.78, 5) is 0. The average Bonchev–Trinajstić information content (AvgIpc) is 2.93. The molecule has 1 aromatic carbocycles. The predicted octanol–water partition coefficient (Wildman–Crippen LogP) is 3.46. The van der Waals surface area contributed by atoms with Crippen LogP contribution in [-0.2, 0) is 4.74 Å². The molecule has 1 aliphatic heterocycles. The van der Waals surface area contributed by atoms with E-state index >= 15 is 0 Å². The molecule has 1 fully saturated rings. The molecule has 1 aromatic heterocycles. The molecule has 0 amide bonds. The van der Waals surface area contributed by atoms with Crippen molar-refractivity contribution in [2.24, 2.45) is 0 Å². The van der Waals surface area contributed by atoms with Crippen LogP contribution in [-0.4, -0.2) is 25.8 Å². The van der Waals surface area contributed by atoms with Gasteiger partial charge in [-0.25, -0.2) is 0 Å². The van der Waals surface area contributed by atoms with Crippen LogP contribution in [0.4, 0.5) is 0 Å². The molecule has 3 rings (SSSR count). The molecule has 2 heterocycles. The van der Waals surface area contributed by atoms with Crippen LogP contribution in [0.1, 0.15) is 17.4 Å². The van der Waals surface area contributed by atoms with Crippen LogP contribution in [0.5, 0.6) is 5.75 Å². The lowest BCUT2D eigenvalue weighted by molar-refractivity contribution is -0.0504. The topological polar surface area (TPSA) is 43.6 Å². The minimum absolute atomic E-state index is 0.0728. The van der Waals surface area contributed by atoms with Crippen LogP contribution in [0.25, 0.3) is 0 Å². The molecular weight excluding hydrogens is 334 g/mol. The molecule has 1 aliphatic rings. The van der Waals surface area contributed by atoms with Crippen molar-refractivity contribution in [2.75, 3.05) is 19.7 Å². The number of morpholine rings is 1. The van der Waals surface area contributed by atoms with Gasteiger partial charge < -0.3 is 19.2 Å². The van der Waals surface area contributed by atoms with Gasteiger partial charge in [0.1, 0.15) is 17.6 Å². The number of ether oxygens (including phenoxy) is 2. The molecule has 2 aromatic rings. The lowest BCUT2D eigenvalue weighted by Crippen LogP contribution is -2.43. The molecule has 5 heteroatoms. The van der Waals surface area contributed by atoms with Gasteiger partial charge in [-0.2, -0.15) is 0 Å². The molecule has 0 radical (unpaired) electrons. The molecule has 21 heavy (non-hydrogen) atoms. The van der Waals surface area contributed by atoms with E-state index in [-0.39, 0.29) is 12.2 Å². The largest absolute Gasteiger partial charge is 0.478 e. The summed E-state index contributed by atoms with van der Waals surface area (Å²) >= 11 is 3.51. The first-order valence-electron chi connectivity index (χ1n) is 7.02. The fourth-order valence-corrected chi connectivity index (χ4v) is 2.76. The Morgan fingerprint density at radius 3 is 2.90 bits per heavy atom. The van der Waals surface area contributed by atoms with Gasteiger partial charge in [-0.15, -0.1) is 0 Å². The number of hydrogen-bond donors (Lipinski definition) is 1. The summed E-state index contributed by atoms with van der Waals surface area (Å²) in [5.74, 6) is 1.57. The van der Waals surface area contributed by atoms with Gasteiger partial charge in [-0.3, -0.25) is 0 Å². The summed E-state index contributed by atoms with van der Waals surface area (Å²) in [7, 11) is 0. The standard InChI is InChI=1S/C16H18BrNO3/c1-11-8-14(20-10-11)16(15-9-18-6-7-19-15)21-13-5-3-2-4-12(13)17/h2-5,8,10,15-16,18H,6-7,9H2,1H3. The lowest BCUT2D eigenvalue weighted by Gasteiger charge is -2.30. The second-order valence-electron chi connectivity index (χ2n) is 5.11. The van der Waals surface area contributed by atoms with Gasteiger partial charge in [-0.05, 0) is 46.6 Å². The monoisotopic (exact) mass is 351 g/mol. The van der Waals surface area contributed by atoms with Crippen molar-refractivity contribution in [2.45, 2.75) is 19.1 Å². The van der Waals surface area contributed by atoms with Gasteiger partial charge in [0.25, 0.3) is 0 Å². The molecule has 112 valence electrons. The molecule has 0 aliphatic carbocycles. The highest BCUT2D eigenvalue weighted by atomic mass is 79.9. The van der Waals surface area contributed by atoms with Crippen molar-refractivity contribution >= 4 is 15.9 Å². The Morgan fingerprint density at radius 1 is 1.38 bits per heavy atom. The van der Waals surface area contributed by atoms with Crippen molar-refractivity contribution in [3.05, 3.63) is 52.4 Å². The second-order valence-corrected chi connectivity index (χ2v) is 5.96. The van der Waals surface area contributed by atoms with Crippen molar-refractivity contribution < 1.29 is 13.9 Å². The first-order valence-corrected chi connectivity index (χ1v) is 7.82. The van der Waals surface area contributed by atoms with E-state index in [1.54, 1.807) is 6.26 Å². The van der Waals surface area contributed by atoms with E-state index < -0.39 is 0 Å². The number of aryl methyl sites for hydroxylation is 1. The molecule has 0 saturated carbocycles. The summed E-state index contributed by atoms with van der Waals surface area (Å²) in [5, 5.41) is 3.33. The third kappa shape index (κ3) is 3.48. The Hall–Kier alpha value is -1.30. The van der Waals surface area contributed by atoms with E-state index in [2.05, 4.69) is 21.2 Å². The molecule has 2 atom stereocenters. The zero-order chi connectivity index (χ0) is 14.7. The van der Waals surface area contributed by atoms with Gasteiger partial charge >= 0.3 is 0 Å². The van der Waals surface area contributed by atoms with E-state index in [0.717, 1.165) is 34.6 Å². The van der Waals surface area contributed by atoms with E-state index in [9.17, 15) is 0 Å². The van der Waals surface area contributed by atoms with Crippen LogP contribution in [0, 0.1) is 6.92 Å². The minimum Gasteiger partial charge on any atom is -0.478 e. The molecule has 2 unspecified atom stereocenters. The van der Waals surface area contributed by atoms with E-state index in [0.29, 0.717) is 6.61 Å². The Morgan fingerprint density at radius 2 is 2.24 bits per heavy atom. The zero-order valence-electron chi connectivity index (χ0n) is 11.8. The van der Waals surface area contributed by atoms with Crippen LogP contribution in [0.15, 0.2) is 45.5 Å². The molecular formula is C16H18BrNO3. The molecule has 1 saturated heterocycles. The van der Waals surface area contributed by atoms with Crippen LogP contribution in [0.3, 0.4) is 0 Å². The highest BCUT2D eigenvalue weighted by Gasteiger charge is 2.30. The second kappa shape index (κ2) is 6.64. The molecule has 0 spiro atoms. The highest BCUT2D eigenvalue weighted by molar-refractivity contribution is 9.10. The molecule has 0 bridgehead atoms. The van der Waals surface area contributed by atoms with Gasteiger partial charge in [0.15, 0.2) is 6.10 Å². The number of rotatable bonds is 4. The van der Waals surface area contributed by atoms with Crippen molar-refractivity contribution in [1.29, 1.82) is 0 Å². The first-order chi connectivity index (χ1) is 10.2. The summed E-state index contributed by atoms with van der Waals surface area (Å²) in [5.41, 5.74) is 1.08. The third-order valence-corrected chi connectivity index (χ3v) is 4.07. The first kappa shape index (κ1) is 14.6. The van der Waals surface area contributed by atoms with Gasteiger partial charge in [0.2, 0.25) is 0 Å². The average molecular weight is 352 g/mol. The van der Waals surface area contributed by atoms with Crippen molar-refractivity contribution in [3.8, 4) is 5.75 Å². The third-order valence-electron chi connectivity index (χ3n) is 3.42. The van der Waals surface area contributed by atoms with Crippen molar-refractivity contribution in [1.82, 2.24) is 5.32 Å². The fourth-order valence-electron chi connectivity index (χ4n) is 2.38. The maximum Gasteiger partial charge on any atom is 0.183 e. The lowest BCUT2D eigenvalue weighted by atomic mass is 10.1. The maximum absolute atomic E-state index is 6.18. The Labute approximate surface area is 132 Å². The van der Waals surface area contributed by atoms with E-state index in [4.69, 9.17) is 13.9 Å². The Bertz CT molecular complexity index is 593. The van der Waals surface area contributed by atoms with Crippen molar-refractivity contribution in [3.63, 3.8) is 0 Å². The summed E-state index contributed by atoms with van der Waals surface area (Å²) < 4.78 is 18.6. The normalized spacial score (nSPS) is 20.2. The summed E-state index contributed by atoms with van der Waals surface area (Å²) in [6.07, 6.45) is 1.39. The van der Waals surface area contributed by atoms with Gasteiger partial charge in [-0.1, -0.05) is 12.1 Å². The fraction of sp³-hybridized carbons (Fsp3) is 0.375. The predicted molar refractivity (Wildman–Crippen MR) is 83.6 cm³/mol. The van der Waals surface area contributed by atoms with Crippen LogP contribution >= 0.6 is 15.9 Å². The highest BCUT2D eigenvalue weighted by Crippen LogP contribution is 2.32. The number of hydrogen-bond acceptors (Lipinski definition) is 4. The van der Waals surface area contributed by atoms with Gasteiger partial charge in [0, 0.05) is 13.1 Å². The number of para-hydroxylation sites is 1. The summed E-state index contributed by atoms with van der Waals surface area (Å²) in [6, 6.07) is 9.80. The van der Waals surface area contributed by atoms with E-state index in [1.807, 2.05) is 37.3 Å². The number of furan rings is 1. The Kier molecular flexibility index (Phi) is 4.63. The quantitative estimate of drug-likeness (QED) is 0.915. The molecule has 4 nitrogen and oxygen atoms in total. The van der Waals surface area contributed by atoms with Gasteiger partial charge in [0.05, 0.1) is 17.3 Å². The van der Waals surface area contributed by atoms with Crippen LogP contribution in [0.2, 0.25) is 0 Å². The smallest absolute Gasteiger partial charge is 0.183 e. The SMILES string of the molecule is Cc1coc(C(Oc2ccccc2Br)C2CNCCO2)c1. The zero-order valence-corrected chi connectivity index (χ0v) is 13.4. The number of nitrogens with one attached hydrogen (secondary N) is 1. The molecule has 1 N–H and O–H groups in total. The number of halogens is 1. The van der Waals surface area contributed by atoms with E-state index in [1.165, 1.54) is 0 Å².